The van der Waals surface area contributed by atoms with Gasteiger partial charge in [-0.15, -0.1) is 0 Å². The van der Waals surface area contributed by atoms with Gasteiger partial charge in [0.2, 0.25) is 0 Å². The van der Waals surface area contributed by atoms with Crippen molar-refractivity contribution >= 4 is 17.3 Å². The summed E-state index contributed by atoms with van der Waals surface area (Å²) in [5, 5.41) is 17.6. The smallest absolute Gasteiger partial charge is 0.345 e. The summed E-state index contributed by atoms with van der Waals surface area (Å²) in [6.07, 6.45) is 0. The quantitative estimate of drug-likeness (QED) is 0.922. The van der Waals surface area contributed by atoms with E-state index in [0.29, 0.717) is 5.06 Å². The van der Waals surface area contributed by atoms with E-state index in [0.717, 1.165) is 17.4 Å². The number of halogens is 1. The summed E-state index contributed by atoms with van der Waals surface area (Å²) in [6, 6.07) is 8.43. The molecule has 0 atom stereocenters. The molecule has 6 heteroatoms. The summed E-state index contributed by atoms with van der Waals surface area (Å²) in [5.41, 5.74) is -0.0697. The van der Waals surface area contributed by atoms with E-state index < -0.39 is 11.8 Å². The maximum atomic E-state index is 13.3. The summed E-state index contributed by atoms with van der Waals surface area (Å²) in [5.74, 6) is -1.50. The van der Waals surface area contributed by atoms with Gasteiger partial charge in [0, 0.05) is 6.07 Å². The van der Waals surface area contributed by atoms with E-state index in [1.807, 2.05) is 0 Å². The van der Waals surface area contributed by atoms with Crippen LogP contribution < -0.4 is 4.74 Å². The lowest BCUT2D eigenvalue weighted by Crippen LogP contribution is -1.89. The molecule has 0 saturated heterocycles. The normalized spacial score (nSPS) is 9.78. The third kappa shape index (κ3) is 2.47. The van der Waals surface area contributed by atoms with E-state index in [-0.39, 0.29) is 16.2 Å². The third-order valence-corrected chi connectivity index (χ3v) is 3.02. The Kier molecular flexibility index (Phi) is 3.26. The van der Waals surface area contributed by atoms with Crippen LogP contribution in [0.4, 0.5) is 4.39 Å². The molecule has 90 valence electrons. The first-order valence-corrected chi connectivity index (χ1v) is 5.62. The number of carboxylic acid groups (broad SMARTS) is 1. The summed E-state index contributed by atoms with van der Waals surface area (Å²) < 4.78 is 18.6. The van der Waals surface area contributed by atoms with E-state index in [2.05, 4.69) is 0 Å². The van der Waals surface area contributed by atoms with Crippen molar-refractivity contribution in [3.05, 3.63) is 46.6 Å². The maximum Gasteiger partial charge on any atom is 0.345 e. The number of rotatable bonds is 3. The van der Waals surface area contributed by atoms with Gasteiger partial charge >= 0.3 is 5.97 Å². The number of carboxylic acids is 1. The van der Waals surface area contributed by atoms with Gasteiger partial charge in [0.1, 0.15) is 22.5 Å². The standard InChI is InChI=1S/C12H6FNO3S/c13-9-5-8(2-1-7(9)6-14)17-11-4-3-10(18-11)12(15)16/h1-5H,(H,15,16). The minimum atomic E-state index is -1.04. The monoisotopic (exact) mass is 263 g/mol. The Hall–Kier alpha value is -2.39. The highest BCUT2D eigenvalue weighted by Crippen LogP contribution is 2.30. The Morgan fingerprint density at radius 1 is 1.39 bits per heavy atom. The predicted octanol–water partition coefficient (Wildman–Crippen LogP) is 3.25. The van der Waals surface area contributed by atoms with Crippen molar-refractivity contribution < 1.29 is 19.0 Å². The van der Waals surface area contributed by atoms with Gasteiger partial charge in [0.25, 0.3) is 0 Å². The van der Waals surface area contributed by atoms with Gasteiger partial charge in [-0.2, -0.15) is 5.26 Å². The number of aromatic carboxylic acids is 1. The fourth-order valence-electron chi connectivity index (χ4n) is 1.26. The van der Waals surface area contributed by atoms with E-state index >= 15 is 0 Å². The molecule has 18 heavy (non-hydrogen) atoms. The number of hydrogen-bond donors (Lipinski definition) is 1. The molecule has 1 N–H and O–H groups in total. The Labute approximate surface area is 105 Å². The van der Waals surface area contributed by atoms with Crippen LogP contribution >= 0.6 is 11.3 Å². The Bertz CT molecular complexity index is 645. The molecule has 2 rings (SSSR count). The summed E-state index contributed by atoms with van der Waals surface area (Å²) >= 11 is 0.942. The number of hydrogen-bond acceptors (Lipinski definition) is 4. The first kappa shape index (κ1) is 12.1. The first-order chi connectivity index (χ1) is 8.60. The van der Waals surface area contributed by atoms with Crippen molar-refractivity contribution in [1.29, 1.82) is 5.26 Å². The van der Waals surface area contributed by atoms with Crippen molar-refractivity contribution in [2.75, 3.05) is 0 Å². The number of nitrogens with zero attached hydrogens (tertiary/aromatic N) is 1. The largest absolute Gasteiger partial charge is 0.477 e. The zero-order chi connectivity index (χ0) is 13.1. The van der Waals surface area contributed by atoms with Crippen LogP contribution in [0.15, 0.2) is 30.3 Å². The van der Waals surface area contributed by atoms with Crippen molar-refractivity contribution in [3.8, 4) is 16.9 Å². The molecule has 0 aliphatic heterocycles. The van der Waals surface area contributed by atoms with Crippen molar-refractivity contribution in [3.63, 3.8) is 0 Å². The van der Waals surface area contributed by atoms with E-state index in [1.165, 1.54) is 24.3 Å². The first-order valence-electron chi connectivity index (χ1n) is 4.81. The highest BCUT2D eigenvalue weighted by Gasteiger charge is 2.09. The Balaban J connectivity index is 2.21. The molecule has 0 saturated carbocycles. The molecule has 0 fully saturated rings. The van der Waals surface area contributed by atoms with Gasteiger partial charge in [0.15, 0.2) is 5.06 Å². The van der Waals surface area contributed by atoms with Crippen molar-refractivity contribution in [1.82, 2.24) is 0 Å². The van der Waals surface area contributed by atoms with Crippen LogP contribution in [0.25, 0.3) is 0 Å². The van der Waals surface area contributed by atoms with Crippen molar-refractivity contribution in [2.24, 2.45) is 0 Å². The number of carbonyl (C=O) groups is 1. The topological polar surface area (TPSA) is 70.3 Å². The highest BCUT2D eigenvalue weighted by atomic mass is 32.1. The lowest BCUT2D eigenvalue weighted by molar-refractivity contribution is 0.0702. The zero-order valence-corrected chi connectivity index (χ0v) is 9.70. The third-order valence-electron chi connectivity index (χ3n) is 2.07. The van der Waals surface area contributed by atoms with Gasteiger partial charge in [-0.3, -0.25) is 0 Å². The molecular formula is C12H6FNO3S. The highest BCUT2D eigenvalue weighted by molar-refractivity contribution is 7.15. The number of ether oxygens (including phenoxy) is 1. The summed E-state index contributed by atoms with van der Waals surface area (Å²) in [7, 11) is 0. The summed E-state index contributed by atoms with van der Waals surface area (Å²) in [6.45, 7) is 0. The predicted molar refractivity (Wildman–Crippen MR) is 62.5 cm³/mol. The molecule has 1 aromatic carbocycles. The van der Waals surface area contributed by atoms with Gasteiger partial charge in [-0.25, -0.2) is 9.18 Å². The molecule has 4 nitrogen and oxygen atoms in total. The molecule has 0 bridgehead atoms. The second-order valence-corrected chi connectivity index (χ2v) is 4.33. The minimum Gasteiger partial charge on any atom is -0.477 e. The van der Waals surface area contributed by atoms with Gasteiger partial charge in [0.05, 0.1) is 5.56 Å². The Morgan fingerprint density at radius 3 is 2.72 bits per heavy atom. The SMILES string of the molecule is N#Cc1ccc(Oc2ccc(C(=O)O)s2)cc1F. The van der Waals surface area contributed by atoms with Crippen LogP contribution in [0, 0.1) is 17.1 Å². The molecule has 1 heterocycles. The molecule has 0 aliphatic rings. The molecule has 0 unspecified atom stereocenters. The van der Waals surface area contributed by atoms with Crippen molar-refractivity contribution in [2.45, 2.75) is 0 Å². The molecule has 2 aromatic rings. The van der Waals surface area contributed by atoms with E-state index in [9.17, 15) is 9.18 Å². The molecular weight excluding hydrogens is 257 g/mol. The van der Waals surface area contributed by atoms with Crippen LogP contribution in [-0.2, 0) is 0 Å². The lowest BCUT2D eigenvalue weighted by atomic mass is 10.2. The van der Waals surface area contributed by atoms with Crippen LogP contribution in [0.3, 0.4) is 0 Å². The van der Waals surface area contributed by atoms with E-state index in [4.69, 9.17) is 15.1 Å². The second kappa shape index (κ2) is 4.85. The Morgan fingerprint density at radius 2 is 2.17 bits per heavy atom. The molecule has 1 aromatic heterocycles. The molecule has 0 aliphatic carbocycles. The van der Waals surface area contributed by atoms with E-state index in [1.54, 1.807) is 6.07 Å². The summed E-state index contributed by atoms with van der Waals surface area (Å²) in [4.78, 5) is 10.8. The number of thiophene rings is 1. The minimum absolute atomic E-state index is 0.0697. The molecule has 0 spiro atoms. The second-order valence-electron chi connectivity index (χ2n) is 3.28. The van der Waals surface area contributed by atoms with Gasteiger partial charge in [-0.1, -0.05) is 11.3 Å². The van der Waals surface area contributed by atoms with Crippen LogP contribution in [0.5, 0.6) is 10.8 Å². The van der Waals surface area contributed by atoms with Gasteiger partial charge in [-0.05, 0) is 24.3 Å². The lowest BCUT2D eigenvalue weighted by Gasteiger charge is -2.02. The number of nitriles is 1. The average molecular weight is 263 g/mol. The zero-order valence-electron chi connectivity index (χ0n) is 8.88. The molecule has 0 radical (unpaired) electrons. The molecule has 0 amide bonds. The maximum absolute atomic E-state index is 13.3. The average Bonchev–Trinajstić information content (AvgIpc) is 2.78. The number of benzene rings is 1. The van der Waals surface area contributed by atoms with Crippen LogP contribution in [0.2, 0.25) is 0 Å². The van der Waals surface area contributed by atoms with Crippen LogP contribution in [-0.4, -0.2) is 11.1 Å². The van der Waals surface area contributed by atoms with Crippen LogP contribution in [0.1, 0.15) is 15.2 Å². The van der Waals surface area contributed by atoms with Gasteiger partial charge < -0.3 is 9.84 Å². The fraction of sp³-hybridized carbons (Fsp3) is 0. The fourth-order valence-corrected chi connectivity index (χ4v) is 1.97.